The fourth-order valence-corrected chi connectivity index (χ4v) is 1.23. The average molecular weight is 182 g/mol. The number of hydrogen-bond acceptors (Lipinski definition) is 1. The zero-order valence-corrected chi connectivity index (χ0v) is 9.39. The van der Waals surface area contributed by atoms with Gasteiger partial charge in [-0.25, -0.2) is 0 Å². The van der Waals surface area contributed by atoms with Crippen LogP contribution in [0, 0.1) is 11.8 Å². The van der Waals surface area contributed by atoms with Gasteiger partial charge in [0.2, 0.25) is 0 Å². The van der Waals surface area contributed by atoms with Crippen molar-refractivity contribution in [3.8, 4) is 0 Å². The molecule has 1 nitrogen and oxygen atoms in total. The first-order valence-corrected chi connectivity index (χ1v) is 5.10. The van der Waals surface area contributed by atoms with Gasteiger partial charge in [-0.2, -0.15) is 0 Å². The molecule has 13 heavy (non-hydrogen) atoms. The predicted octanol–water partition coefficient (Wildman–Crippen LogP) is 3.59. The van der Waals surface area contributed by atoms with Gasteiger partial charge in [0.1, 0.15) is 5.78 Å². The van der Waals surface area contributed by atoms with Gasteiger partial charge >= 0.3 is 0 Å². The maximum absolute atomic E-state index is 11.5. The molecule has 0 aliphatic rings. The number of Topliss-reactive ketones (excluding diaryl/α,β-unsaturated/α-hetero) is 1. The second-order valence-corrected chi connectivity index (χ2v) is 4.46. The van der Waals surface area contributed by atoms with Crippen LogP contribution in [0.15, 0.2) is 12.2 Å². The predicted molar refractivity (Wildman–Crippen MR) is 57.7 cm³/mol. The van der Waals surface area contributed by atoms with Gasteiger partial charge in [-0.05, 0) is 25.7 Å². The molecule has 0 aliphatic carbocycles. The number of rotatable bonds is 6. The molecule has 0 aromatic heterocycles. The third-order valence-corrected chi connectivity index (χ3v) is 2.16. The van der Waals surface area contributed by atoms with Crippen molar-refractivity contribution >= 4 is 5.78 Å². The topological polar surface area (TPSA) is 17.1 Å². The van der Waals surface area contributed by atoms with Crippen LogP contribution in [0.1, 0.15) is 47.0 Å². The minimum atomic E-state index is 0.207. The van der Waals surface area contributed by atoms with Gasteiger partial charge in [-0.1, -0.05) is 26.3 Å². The minimum Gasteiger partial charge on any atom is -0.299 e. The Kier molecular flexibility index (Phi) is 5.68. The molecule has 0 saturated carbocycles. The van der Waals surface area contributed by atoms with Gasteiger partial charge in [-0.3, -0.25) is 4.79 Å². The molecule has 0 amide bonds. The summed E-state index contributed by atoms with van der Waals surface area (Å²) in [5.74, 6) is 1.09. The zero-order valence-electron chi connectivity index (χ0n) is 9.39. The van der Waals surface area contributed by atoms with Crippen molar-refractivity contribution in [3.63, 3.8) is 0 Å². The second kappa shape index (κ2) is 5.95. The van der Waals surface area contributed by atoms with Gasteiger partial charge < -0.3 is 0 Å². The molecule has 1 atom stereocenters. The van der Waals surface area contributed by atoms with E-state index in [4.69, 9.17) is 0 Å². The maximum atomic E-state index is 11.5. The van der Waals surface area contributed by atoms with E-state index >= 15 is 0 Å². The van der Waals surface area contributed by atoms with Crippen molar-refractivity contribution < 1.29 is 4.79 Å². The van der Waals surface area contributed by atoms with Crippen LogP contribution in [-0.4, -0.2) is 5.78 Å². The number of allylic oxidation sites excluding steroid dienone is 1. The lowest BCUT2D eigenvalue weighted by Crippen LogP contribution is -2.13. The van der Waals surface area contributed by atoms with Crippen molar-refractivity contribution in [1.29, 1.82) is 0 Å². The van der Waals surface area contributed by atoms with Crippen LogP contribution >= 0.6 is 0 Å². The maximum Gasteiger partial charge on any atom is 0.135 e. The van der Waals surface area contributed by atoms with E-state index in [0.29, 0.717) is 11.7 Å². The highest BCUT2D eigenvalue weighted by Gasteiger charge is 2.13. The Morgan fingerprint density at radius 2 is 1.85 bits per heavy atom. The van der Waals surface area contributed by atoms with Gasteiger partial charge in [0.25, 0.3) is 0 Å². The standard InChI is InChI=1S/C12H22O/c1-9(2)6-7-11(5)12(13)8-10(3)4/h10-11H,1,6-8H2,2-5H3/t11-/m1/s1. The molecule has 0 fully saturated rings. The largest absolute Gasteiger partial charge is 0.299 e. The van der Waals surface area contributed by atoms with E-state index in [2.05, 4.69) is 20.4 Å². The Hall–Kier alpha value is -0.590. The summed E-state index contributed by atoms with van der Waals surface area (Å²) in [6.45, 7) is 12.0. The molecule has 0 radical (unpaired) electrons. The highest BCUT2D eigenvalue weighted by molar-refractivity contribution is 5.80. The molecule has 0 rings (SSSR count). The van der Waals surface area contributed by atoms with Gasteiger partial charge in [0.05, 0.1) is 0 Å². The van der Waals surface area contributed by atoms with E-state index in [1.54, 1.807) is 0 Å². The first-order chi connectivity index (χ1) is 5.93. The van der Waals surface area contributed by atoms with Crippen LogP contribution in [0.2, 0.25) is 0 Å². The van der Waals surface area contributed by atoms with Crippen molar-refractivity contribution in [1.82, 2.24) is 0 Å². The smallest absolute Gasteiger partial charge is 0.135 e. The van der Waals surface area contributed by atoms with Crippen molar-refractivity contribution in [2.24, 2.45) is 11.8 Å². The Morgan fingerprint density at radius 3 is 2.23 bits per heavy atom. The molecule has 0 unspecified atom stereocenters. The molecule has 0 aliphatic heterocycles. The van der Waals surface area contributed by atoms with Crippen molar-refractivity contribution in [2.45, 2.75) is 47.0 Å². The molecule has 0 spiro atoms. The summed E-state index contributed by atoms with van der Waals surface area (Å²) in [6, 6.07) is 0. The fraction of sp³-hybridized carbons (Fsp3) is 0.750. The molecule has 0 aromatic carbocycles. The molecule has 0 saturated heterocycles. The summed E-state index contributed by atoms with van der Waals surface area (Å²) >= 11 is 0. The van der Waals surface area contributed by atoms with Crippen molar-refractivity contribution in [3.05, 3.63) is 12.2 Å². The summed E-state index contributed by atoms with van der Waals surface area (Å²) in [5, 5.41) is 0. The summed E-state index contributed by atoms with van der Waals surface area (Å²) < 4.78 is 0. The monoisotopic (exact) mass is 182 g/mol. The van der Waals surface area contributed by atoms with E-state index in [1.165, 1.54) is 5.57 Å². The quantitative estimate of drug-likeness (QED) is 0.574. The van der Waals surface area contributed by atoms with E-state index in [0.717, 1.165) is 19.3 Å². The lowest BCUT2D eigenvalue weighted by Gasteiger charge is -2.11. The molecule has 0 heterocycles. The minimum absolute atomic E-state index is 0.207. The Labute approximate surface area is 82.2 Å². The second-order valence-electron chi connectivity index (χ2n) is 4.46. The lowest BCUT2D eigenvalue weighted by molar-refractivity contribution is -0.123. The molecule has 1 heteroatoms. The van der Waals surface area contributed by atoms with Crippen LogP contribution in [0.4, 0.5) is 0 Å². The fourth-order valence-electron chi connectivity index (χ4n) is 1.23. The number of hydrogen-bond donors (Lipinski definition) is 0. The first-order valence-electron chi connectivity index (χ1n) is 5.10. The van der Waals surface area contributed by atoms with Crippen LogP contribution in [0.25, 0.3) is 0 Å². The van der Waals surface area contributed by atoms with Crippen LogP contribution in [0.5, 0.6) is 0 Å². The van der Waals surface area contributed by atoms with E-state index in [-0.39, 0.29) is 5.92 Å². The molecular weight excluding hydrogens is 160 g/mol. The van der Waals surface area contributed by atoms with E-state index < -0.39 is 0 Å². The van der Waals surface area contributed by atoms with E-state index in [9.17, 15) is 4.79 Å². The summed E-state index contributed by atoms with van der Waals surface area (Å²) in [4.78, 5) is 11.5. The number of carbonyl (C=O) groups is 1. The third kappa shape index (κ3) is 6.56. The zero-order chi connectivity index (χ0) is 10.4. The highest BCUT2D eigenvalue weighted by atomic mass is 16.1. The van der Waals surface area contributed by atoms with Gasteiger partial charge in [0.15, 0.2) is 0 Å². The molecular formula is C12H22O. The van der Waals surface area contributed by atoms with Crippen LogP contribution in [0.3, 0.4) is 0 Å². The SMILES string of the molecule is C=C(C)CC[C@@H](C)C(=O)CC(C)C. The molecule has 0 aromatic rings. The summed E-state index contributed by atoms with van der Waals surface area (Å²) in [6.07, 6.45) is 2.66. The number of carbonyl (C=O) groups excluding carboxylic acids is 1. The lowest BCUT2D eigenvalue weighted by atomic mass is 9.93. The van der Waals surface area contributed by atoms with Crippen LogP contribution < -0.4 is 0 Å². The third-order valence-electron chi connectivity index (χ3n) is 2.16. The first kappa shape index (κ1) is 12.4. The molecule has 76 valence electrons. The Balaban J connectivity index is 3.76. The van der Waals surface area contributed by atoms with E-state index in [1.807, 2.05) is 13.8 Å². The summed E-state index contributed by atoms with van der Waals surface area (Å²) in [7, 11) is 0. The van der Waals surface area contributed by atoms with Gasteiger partial charge in [-0.15, -0.1) is 6.58 Å². The van der Waals surface area contributed by atoms with Crippen molar-refractivity contribution in [2.75, 3.05) is 0 Å². The summed E-state index contributed by atoms with van der Waals surface area (Å²) in [5.41, 5.74) is 1.17. The number of ketones is 1. The van der Waals surface area contributed by atoms with Crippen LogP contribution in [-0.2, 0) is 4.79 Å². The highest BCUT2D eigenvalue weighted by Crippen LogP contribution is 2.15. The normalized spacial score (nSPS) is 13.0. The molecule has 0 bridgehead atoms. The molecule has 0 N–H and O–H groups in total. The Morgan fingerprint density at radius 1 is 1.31 bits per heavy atom. The Bertz CT molecular complexity index is 180. The van der Waals surface area contributed by atoms with Gasteiger partial charge in [0, 0.05) is 12.3 Å². The average Bonchev–Trinajstić information content (AvgIpc) is 1.98.